The molecule has 1 saturated heterocycles. The van der Waals surface area contributed by atoms with E-state index in [2.05, 4.69) is 15.4 Å². The Bertz CT molecular complexity index is 826. The van der Waals surface area contributed by atoms with E-state index in [1.807, 2.05) is 18.5 Å². The van der Waals surface area contributed by atoms with Gasteiger partial charge in [-0.15, -0.1) is 0 Å². The SMILES string of the molecule is CC(C)n1ncc2cc(NC(=O)[C@@H]3CCS(=O)(=O)C3)cnc21. The number of aromatic nitrogens is 3. The summed E-state index contributed by atoms with van der Waals surface area (Å²) in [5.74, 6) is -0.721. The zero-order valence-electron chi connectivity index (χ0n) is 12.5. The van der Waals surface area contributed by atoms with Crippen LogP contribution in [0, 0.1) is 5.92 Å². The van der Waals surface area contributed by atoms with E-state index in [0.29, 0.717) is 12.1 Å². The summed E-state index contributed by atoms with van der Waals surface area (Å²) >= 11 is 0. The first-order valence-electron chi connectivity index (χ1n) is 7.20. The van der Waals surface area contributed by atoms with Crippen molar-refractivity contribution >= 4 is 32.5 Å². The molecule has 7 nitrogen and oxygen atoms in total. The van der Waals surface area contributed by atoms with E-state index in [-0.39, 0.29) is 23.5 Å². The van der Waals surface area contributed by atoms with Crippen LogP contribution in [0.3, 0.4) is 0 Å². The fourth-order valence-corrected chi connectivity index (χ4v) is 4.37. The lowest BCUT2D eigenvalue weighted by Gasteiger charge is -2.10. The normalized spacial score (nSPS) is 20.6. The molecule has 0 saturated carbocycles. The zero-order valence-corrected chi connectivity index (χ0v) is 13.3. The average Bonchev–Trinajstić information content (AvgIpc) is 3.01. The summed E-state index contributed by atoms with van der Waals surface area (Å²) in [6.45, 7) is 4.04. The molecule has 0 aromatic carbocycles. The number of nitrogens with zero attached hydrogens (tertiary/aromatic N) is 3. The standard InChI is InChI=1S/C14H18N4O3S/c1-9(2)18-13-11(6-16-18)5-12(7-15-13)17-14(19)10-3-4-22(20,21)8-10/h5-7,9-10H,3-4,8H2,1-2H3,(H,17,19)/t10-/m1/s1. The Balaban J connectivity index is 1.78. The Morgan fingerprint density at radius 2 is 2.18 bits per heavy atom. The number of pyridine rings is 1. The molecular weight excluding hydrogens is 304 g/mol. The minimum atomic E-state index is -3.06. The van der Waals surface area contributed by atoms with Crippen molar-refractivity contribution in [1.82, 2.24) is 14.8 Å². The topological polar surface area (TPSA) is 94.0 Å². The number of carbonyl (C=O) groups is 1. The minimum absolute atomic E-state index is 0.0697. The maximum Gasteiger partial charge on any atom is 0.228 e. The number of nitrogens with one attached hydrogen (secondary N) is 1. The predicted molar refractivity (Wildman–Crippen MR) is 83.3 cm³/mol. The molecule has 1 aliphatic heterocycles. The first-order valence-corrected chi connectivity index (χ1v) is 9.02. The summed E-state index contributed by atoms with van der Waals surface area (Å²) in [7, 11) is -3.06. The number of hydrogen-bond donors (Lipinski definition) is 1. The third kappa shape index (κ3) is 2.83. The molecule has 1 aliphatic rings. The number of anilines is 1. The van der Waals surface area contributed by atoms with Gasteiger partial charge in [0.1, 0.15) is 0 Å². The van der Waals surface area contributed by atoms with Gasteiger partial charge in [0.05, 0.1) is 35.5 Å². The van der Waals surface area contributed by atoms with Gasteiger partial charge in [0, 0.05) is 11.4 Å². The third-order valence-electron chi connectivity index (χ3n) is 3.79. The van der Waals surface area contributed by atoms with Crippen molar-refractivity contribution < 1.29 is 13.2 Å². The lowest BCUT2D eigenvalue weighted by molar-refractivity contribution is -0.119. The van der Waals surface area contributed by atoms with E-state index in [1.165, 1.54) is 0 Å². The molecule has 0 bridgehead atoms. The molecule has 1 N–H and O–H groups in total. The molecule has 1 amide bonds. The number of sulfone groups is 1. The molecule has 8 heteroatoms. The van der Waals surface area contributed by atoms with E-state index in [0.717, 1.165) is 11.0 Å². The Morgan fingerprint density at radius 1 is 1.41 bits per heavy atom. The van der Waals surface area contributed by atoms with Crippen molar-refractivity contribution in [2.45, 2.75) is 26.3 Å². The molecule has 0 radical (unpaired) electrons. The number of amides is 1. The van der Waals surface area contributed by atoms with E-state index >= 15 is 0 Å². The third-order valence-corrected chi connectivity index (χ3v) is 5.56. The molecule has 2 aromatic rings. The molecule has 2 aromatic heterocycles. The summed E-state index contributed by atoms with van der Waals surface area (Å²) in [5, 5.41) is 7.86. The van der Waals surface area contributed by atoms with Gasteiger partial charge in [0.25, 0.3) is 0 Å². The lowest BCUT2D eigenvalue weighted by atomic mass is 10.1. The average molecular weight is 322 g/mol. The fraction of sp³-hybridized carbons (Fsp3) is 0.500. The van der Waals surface area contributed by atoms with Gasteiger partial charge < -0.3 is 5.32 Å². The quantitative estimate of drug-likeness (QED) is 0.921. The van der Waals surface area contributed by atoms with Crippen molar-refractivity contribution in [2.75, 3.05) is 16.8 Å². The first-order chi connectivity index (χ1) is 10.4. The van der Waals surface area contributed by atoms with Crippen LogP contribution in [0.25, 0.3) is 11.0 Å². The van der Waals surface area contributed by atoms with Gasteiger partial charge in [-0.2, -0.15) is 5.10 Å². The Kier molecular flexibility index (Phi) is 3.64. The second-order valence-corrected chi connectivity index (χ2v) is 8.14. The number of fused-ring (bicyclic) bond motifs is 1. The van der Waals surface area contributed by atoms with Crippen LogP contribution in [0.1, 0.15) is 26.3 Å². The minimum Gasteiger partial charge on any atom is -0.324 e. The highest BCUT2D eigenvalue weighted by Crippen LogP contribution is 2.22. The molecule has 3 heterocycles. The van der Waals surface area contributed by atoms with Gasteiger partial charge in [-0.1, -0.05) is 0 Å². The Morgan fingerprint density at radius 3 is 2.82 bits per heavy atom. The highest BCUT2D eigenvalue weighted by molar-refractivity contribution is 7.91. The van der Waals surface area contributed by atoms with Gasteiger partial charge in [-0.05, 0) is 26.3 Å². The largest absolute Gasteiger partial charge is 0.324 e. The number of rotatable bonds is 3. The molecular formula is C14H18N4O3S. The number of hydrogen-bond acceptors (Lipinski definition) is 5. The van der Waals surface area contributed by atoms with Crippen molar-refractivity contribution in [3.63, 3.8) is 0 Å². The smallest absolute Gasteiger partial charge is 0.228 e. The van der Waals surface area contributed by atoms with Crippen LogP contribution in [-0.2, 0) is 14.6 Å². The van der Waals surface area contributed by atoms with E-state index in [4.69, 9.17) is 0 Å². The monoisotopic (exact) mass is 322 g/mol. The summed E-state index contributed by atoms with van der Waals surface area (Å²) in [6.07, 6.45) is 3.66. The fourth-order valence-electron chi connectivity index (χ4n) is 2.63. The Labute approximate surface area is 128 Å². The molecule has 0 aliphatic carbocycles. The molecule has 118 valence electrons. The van der Waals surface area contributed by atoms with Crippen molar-refractivity contribution in [1.29, 1.82) is 0 Å². The van der Waals surface area contributed by atoms with Crippen molar-refractivity contribution in [3.8, 4) is 0 Å². The van der Waals surface area contributed by atoms with E-state index < -0.39 is 15.8 Å². The molecule has 0 spiro atoms. The summed E-state index contributed by atoms with van der Waals surface area (Å²) in [4.78, 5) is 16.5. The van der Waals surface area contributed by atoms with E-state index in [1.54, 1.807) is 18.5 Å². The second-order valence-electron chi connectivity index (χ2n) is 5.91. The zero-order chi connectivity index (χ0) is 15.9. The van der Waals surface area contributed by atoms with Crippen LogP contribution in [0.4, 0.5) is 5.69 Å². The van der Waals surface area contributed by atoms with Crippen LogP contribution < -0.4 is 5.32 Å². The lowest BCUT2D eigenvalue weighted by Crippen LogP contribution is -2.23. The molecule has 1 atom stereocenters. The van der Waals surface area contributed by atoms with Crippen LogP contribution in [-0.4, -0.2) is 40.6 Å². The van der Waals surface area contributed by atoms with Gasteiger partial charge in [-0.3, -0.25) is 4.79 Å². The van der Waals surface area contributed by atoms with Gasteiger partial charge >= 0.3 is 0 Å². The first kappa shape index (κ1) is 15.0. The van der Waals surface area contributed by atoms with Crippen molar-refractivity contribution in [2.24, 2.45) is 5.92 Å². The maximum absolute atomic E-state index is 12.1. The maximum atomic E-state index is 12.1. The molecule has 22 heavy (non-hydrogen) atoms. The summed E-state index contributed by atoms with van der Waals surface area (Å²) in [6, 6.07) is 2.00. The van der Waals surface area contributed by atoms with E-state index in [9.17, 15) is 13.2 Å². The van der Waals surface area contributed by atoms with Crippen LogP contribution >= 0.6 is 0 Å². The van der Waals surface area contributed by atoms with Crippen LogP contribution in [0.2, 0.25) is 0 Å². The van der Waals surface area contributed by atoms with Gasteiger partial charge in [-0.25, -0.2) is 18.1 Å². The van der Waals surface area contributed by atoms with Crippen LogP contribution in [0.15, 0.2) is 18.5 Å². The van der Waals surface area contributed by atoms with Crippen LogP contribution in [0.5, 0.6) is 0 Å². The molecule has 3 rings (SSSR count). The predicted octanol–water partition coefficient (Wildman–Crippen LogP) is 1.39. The van der Waals surface area contributed by atoms with Gasteiger partial charge in [0.15, 0.2) is 15.5 Å². The van der Waals surface area contributed by atoms with Crippen molar-refractivity contribution in [3.05, 3.63) is 18.5 Å². The van der Waals surface area contributed by atoms with Gasteiger partial charge in [0.2, 0.25) is 5.91 Å². The highest BCUT2D eigenvalue weighted by atomic mass is 32.2. The second kappa shape index (κ2) is 5.35. The Hall–Kier alpha value is -1.96. The molecule has 1 fully saturated rings. The summed E-state index contributed by atoms with van der Waals surface area (Å²) < 4.78 is 24.7. The number of carbonyl (C=O) groups excluding carboxylic acids is 1. The molecule has 0 unspecified atom stereocenters. The summed E-state index contributed by atoms with van der Waals surface area (Å²) in [5.41, 5.74) is 1.32. The highest BCUT2D eigenvalue weighted by Gasteiger charge is 2.33.